The molecule has 1 amide bonds. The third-order valence-corrected chi connectivity index (χ3v) is 4.10. The van der Waals surface area contributed by atoms with E-state index in [2.05, 4.69) is 4.98 Å². The molecular formula is C18H16N2O2. The third-order valence-electron chi connectivity index (χ3n) is 4.10. The van der Waals surface area contributed by atoms with E-state index in [0.29, 0.717) is 17.9 Å². The predicted molar refractivity (Wildman–Crippen MR) is 85.8 cm³/mol. The number of amides is 1. The lowest BCUT2D eigenvalue weighted by Crippen LogP contribution is -2.24. The zero-order valence-corrected chi connectivity index (χ0v) is 12.4. The van der Waals surface area contributed by atoms with Crippen molar-refractivity contribution in [3.05, 3.63) is 48.0 Å². The van der Waals surface area contributed by atoms with Crippen LogP contribution in [0, 0.1) is 6.92 Å². The first-order chi connectivity index (χ1) is 10.7. The lowest BCUT2D eigenvalue weighted by molar-refractivity contribution is -0.117. The van der Waals surface area contributed by atoms with Crippen LogP contribution in [-0.2, 0) is 4.79 Å². The van der Waals surface area contributed by atoms with Crippen molar-refractivity contribution >= 4 is 22.7 Å². The highest BCUT2D eigenvalue weighted by atomic mass is 16.3. The summed E-state index contributed by atoms with van der Waals surface area (Å²) in [5.74, 6) is 0.752. The first kappa shape index (κ1) is 13.1. The van der Waals surface area contributed by atoms with Gasteiger partial charge in [-0.1, -0.05) is 24.3 Å². The second-order valence-corrected chi connectivity index (χ2v) is 5.61. The number of fused-ring (bicyclic) bond motifs is 1. The van der Waals surface area contributed by atoms with Gasteiger partial charge in [0.15, 0.2) is 5.58 Å². The van der Waals surface area contributed by atoms with Gasteiger partial charge in [0, 0.05) is 18.5 Å². The summed E-state index contributed by atoms with van der Waals surface area (Å²) in [6, 6.07) is 13.8. The molecule has 4 rings (SSSR count). The maximum Gasteiger partial charge on any atom is 0.227 e. The van der Waals surface area contributed by atoms with Crippen LogP contribution < -0.4 is 4.90 Å². The number of nitrogens with zero attached hydrogens (tertiary/aromatic N) is 2. The van der Waals surface area contributed by atoms with Gasteiger partial charge in [-0.15, -0.1) is 0 Å². The van der Waals surface area contributed by atoms with E-state index in [1.165, 1.54) is 0 Å². The number of carbonyl (C=O) groups is 1. The smallest absolute Gasteiger partial charge is 0.227 e. The van der Waals surface area contributed by atoms with Crippen LogP contribution >= 0.6 is 0 Å². The highest BCUT2D eigenvalue weighted by Crippen LogP contribution is 2.35. The van der Waals surface area contributed by atoms with Gasteiger partial charge in [0.05, 0.1) is 5.69 Å². The number of anilines is 1. The van der Waals surface area contributed by atoms with Crippen LogP contribution in [-0.4, -0.2) is 17.4 Å². The molecule has 22 heavy (non-hydrogen) atoms. The number of rotatable bonds is 2. The Labute approximate surface area is 128 Å². The molecule has 0 saturated carbocycles. The molecule has 1 aliphatic heterocycles. The van der Waals surface area contributed by atoms with Crippen molar-refractivity contribution < 1.29 is 9.21 Å². The van der Waals surface area contributed by atoms with E-state index in [-0.39, 0.29) is 5.91 Å². The molecule has 2 heterocycles. The van der Waals surface area contributed by atoms with Gasteiger partial charge in [-0.2, -0.15) is 0 Å². The second kappa shape index (κ2) is 4.98. The fourth-order valence-corrected chi connectivity index (χ4v) is 3.00. The zero-order valence-electron chi connectivity index (χ0n) is 12.4. The normalized spacial score (nSPS) is 15.0. The van der Waals surface area contributed by atoms with Gasteiger partial charge in [0.2, 0.25) is 11.8 Å². The van der Waals surface area contributed by atoms with E-state index < -0.39 is 0 Å². The van der Waals surface area contributed by atoms with Gasteiger partial charge in [-0.25, -0.2) is 4.98 Å². The van der Waals surface area contributed by atoms with Gasteiger partial charge in [0.25, 0.3) is 0 Å². The van der Waals surface area contributed by atoms with Gasteiger partial charge >= 0.3 is 0 Å². The molecule has 1 aromatic heterocycles. The van der Waals surface area contributed by atoms with Crippen LogP contribution in [0.3, 0.4) is 0 Å². The monoisotopic (exact) mass is 292 g/mol. The highest BCUT2D eigenvalue weighted by molar-refractivity contribution is 6.03. The van der Waals surface area contributed by atoms with E-state index in [1.54, 1.807) is 0 Å². The summed E-state index contributed by atoms with van der Waals surface area (Å²) in [4.78, 5) is 18.5. The summed E-state index contributed by atoms with van der Waals surface area (Å²) in [6.07, 6.45) is 1.50. The van der Waals surface area contributed by atoms with Crippen LogP contribution in [0.4, 0.5) is 5.69 Å². The number of aromatic nitrogens is 1. The highest BCUT2D eigenvalue weighted by Gasteiger charge is 2.27. The number of oxazole rings is 1. The summed E-state index contributed by atoms with van der Waals surface area (Å²) in [5.41, 5.74) is 4.34. The lowest BCUT2D eigenvalue weighted by atomic mass is 10.1. The SMILES string of the molecule is Cc1ccc2nc(-c3ccccc3)oc2c1N1CCCC1=O. The number of aryl methyl sites for hydroxylation is 1. The molecule has 110 valence electrons. The molecule has 0 bridgehead atoms. The summed E-state index contributed by atoms with van der Waals surface area (Å²) >= 11 is 0. The van der Waals surface area contributed by atoms with Crippen LogP contribution in [0.2, 0.25) is 0 Å². The molecule has 4 nitrogen and oxygen atoms in total. The summed E-state index contributed by atoms with van der Waals surface area (Å²) in [7, 11) is 0. The number of carbonyl (C=O) groups excluding carboxylic acids is 1. The molecule has 1 fully saturated rings. The molecule has 2 aromatic carbocycles. The average molecular weight is 292 g/mol. The van der Waals surface area contributed by atoms with Gasteiger partial charge < -0.3 is 9.32 Å². The Morgan fingerprint density at radius 3 is 2.68 bits per heavy atom. The fourth-order valence-electron chi connectivity index (χ4n) is 3.00. The van der Waals surface area contributed by atoms with E-state index in [1.807, 2.05) is 54.3 Å². The first-order valence-electron chi connectivity index (χ1n) is 7.50. The Balaban J connectivity index is 1.91. The third kappa shape index (κ3) is 1.99. The number of hydrogen-bond acceptors (Lipinski definition) is 3. The summed E-state index contributed by atoms with van der Waals surface area (Å²) < 4.78 is 6.02. The predicted octanol–water partition coefficient (Wildman–Crippen LogP) is 3.93. The molecular weight excluding hydrogens is 276 g/mol. The van der Waals surface area contributed by atoms with Crippen LogP contribution in [0.25, 0.3) is 22.6 Å². The average Bonchev–Trinajstić information content (AvgIpc) is 3.15. The van der Waals surface area contributed by atoms with Gasteiger partial charge in [-0.05, 0) is 37.1 Å². The fraction of sp³-hybridized carbons (Fsp3) is 0.222. The molecule has 0 N–H and O–H groups in total. The van der Waals surface area contributed by atoms with Crippen LogP contribution in [0.15, 0.2) is 46.9 Å². The van der Waals surface area contributed by atoms with Crippen molar-refractivity contribution in [3.63, 3.8) is 0 Å². The molecule has 4 heteroatoms. The standard InChI is InChI=1S/C18H16N2O2/c1-12-9-10-14-17(16(12)20-11-5-8-15(20)21)22-18(19-14)13-6-3-2-4-7-13/h2-4,6-7,9-10H,5,8,11H2,1H3. The Kier molecular flexibility index (Phi) is 2.96. The van der Waals surface area contributed by atoms with Crippen molar-refractivity contribution in [3.8, 4) is 11.5 Å². The Hall–Kier alpha value is -2.62. The quantitative estimate of drug-likeness (QED) is 0.719. The van der Waals surface area contributed by atoms with Crippen LogP contribution in [0.1, 0.15) is 18.4 Å². The molecule has 0 spiro atoms. The van der Waals surface area contributed by atoms with E-state index in [4.69, 9.17) is 4.42 Å². The van der Waals surface area contributed by atoms with Crippen molar-refractivity contribution in [1.82, 2.24) is 4.98 Å². The topological polar surface area (TPSA) is 46.3 Å². The van der Waals surface area contributed by atoms with E-state index in [0.717, 1.165) is 35.3 Å². The zero-order chi connectivity index (χ0) is 15.1. The molecule has 1 aliphatic rings. The van der Waals surface area contributed by atoms with Crippen LogP contribution in [0.5, 0.6) is 0 Å². The maximum absolute atomic E-state index is 12.1. The number of benzene rings is 2. The van der Waals surface area contributed by atoms with E-state index >= 15 is 0 Å². The van der Waals surface area contributed by atoms with Crippen molar-refractivity contribution in [2.75, 3.05) is 11.4 Å². The minimum absolute atomic E-state index is 0.160. The molecule has 0 atom stereocenters. The first-order valence-corrected chi connectivity index (χ1v) is 7.50. The largest absolute Gasteiger partial charge is 0.434 e. The number of hydrogen-bond donors (Lipinski definition) is 0. The Morgan fingerprint density at radius 1 is 1.14 bits per heavy atom. The Morgan fingerprint density at radius 2 is 1.95 bits per heavy atom. The van der Waals surface area contributed by atoms with Crippen molar-refractivity contribution in [2.24, 2.45) is 0 Å². The molecule has 3 aromatic rings. The maximum atomic E-state index is 12.1. The minimum atomic E-state index is 0.160. The summed E-state index contributed by atoms with van der Waals surface area (Å²) in [5, 5.41) is 0. The molecule has 0 radical (unpaired) electrons. The lowest BCUT2D eigenvalue weighted by Gasteiger charge is -2.17. The van der Waals surface area contributed by atoms with Crippen molar-refractivity contribution in [1.29, 1.82) is 0 Å². The van der Waals surface area contributed by atoms with Gasteiger partial charge in [0.1, 0.15) is 5.52 Å². The van der Waals surface area contributed by atoms with Gasteiger partial charge in [-0.3, -0.25) is 4.79 Å². The Bertz CT molecular complexity index is 852. The molecule has 0 unspecified atom stereocenters. The molecule has 0 aliphatic carbocycles. The second-order valence-electron chi connectivity index (χ2n) is 5.61. The minimum Gasteiger partial charge on any atom is -0.434 e. The molecule has 1 saturated heterocycles. The van der Waals surface area contributed by atoms with Crippen molar-refractivity contribution in [2.45, 2.75) is 19.8 Å². The summed E-state index contributed by atoms with van der Waals surface area (Å²) in [6.45, 7) is 2.76. The van der Waals surface area contributed by atoms with E-state index in [9.17, 15) is 4.79 Å².